The molecular formula is C25H18BrNO3S. The van der Waals surface area contributed by atoms with Gasteiger partial charge in [0.1, 0.15) is 6.61 Å². The van der Waals surface area contributed by atoms with Crippen LogP contribution in [0.2, 0.25) is 0 Å². The number of fused-ring (bicyclic) bond motifs is 1. The Kier molecular flexibility index (Phi) is 5.24. The van der Waals surface area contributed by atoms with Gasteiger partial charge in [-0.25, -0.2) is 0 Å². The van der Waals surface area contributed by atoms with Gasteiger partial charge in [0.2, 0.25) is 5.72 Å². The summed E-state index contributed by atoms with van der Waals surface area (Å²) in [6.45, 7) is 0.166. The molecule has 0 saturated heterocycles. The predicted molar refractivity (Wildman–Crippen MR) is 126 cm³/mol. The summed E-state index contributed by atoms with van der Waals surface area (Å²) in [4.78, 5) is 20.0. The number of nitrogens with zero attached hydrogens (tertiary/aromatic N) is 1. The van der Waals surface area contributed by atoms with Crippen LogP contribution in [0.4, 0.5) is 0 Å². The van der Waals surface area contributed by atoms with Gasteiger partial charge in [0.05, 0.1) is 10.5 Å². The molecule has 6 heteroatoms. The summed E-state index contributed by atoms with van der Waals surface area (Å²) in [6.07, 6.45) is 1.59. The van der Waals surface area contributed by atoms with Gasteiger partial charge in [-0.15, -0.1) is 11.3 Å². The Morgan fingerprint density at radius 1 is 0.968 bits per heavy atom. The quantitative estimate of drug-likeness (QED) is 0.379. The van der Waals surface area contributed by atoms with Crippen LogP contribution < -0.4 is 0 Å². The van der Waals surface area contributed by atoms with Crippen molar-refractivity contribution >= 4 is 48.8 Å². The van der Waals surface area contributed by atoms with Crippen molar-refractivity contribution in [3.8, 4) is 0 Å². The van der Waals surface area contributed by atoms with Gasteiger partial charge < -0.3 is 5.11 Å². The van der Waals surface area contributed by atoms with Crippen molar-refractivity contribution in [1.29, 1.82) is 0 Å². The van der Waals surface area contributed by atoms with Crippen molar-refractivity contribution in [1.82, 2.24) is 5.06 Å². The fourth-order valence-corrected chi connectivity index (χ4v) is 5.16. The Morgan fingerprint density at radius 2 is 1.74 bits per heavy atom. The average Bonchev–Trinajstić information content (AvgIpc) is 3.33. The number of hydroxylamine groups is 2. The van der Waals surface area contributed by atoms with E-state index in [1.165, 1.54) is 11.3 Å². The van der Waals surface area contributed by atoms with Crippen LogP contribution in [0.15, 0.2) is 95.5 Å². The highest BCUT2D eigenvalue weighted by molar-refractivity contribution is 9.10. The van der Waals surface area contributed by atoms with Gasteiger partial charge in [0.25, 0.3) is 5.91 Å². The summed E-state index contributed by atoms with van der Waals surface area (Å²) >= 11 is 4.90. The first-order chi connectivity index (χ1) is 15.0. The lowest BCUT2D eigenvalue weighted by Gasteiger charge is -2.30. The third-order valence-electron chi connectivity index (χ3n) is 5.20. The number of amides is 1. The molecule has 5 rings (SSSR count). The van der Waals surface area contributed by atoms with E-state index in [1.54, 1.807) is 6.08 Å². The van der Waals surface area contributed by atoms with Gasteiger partial charge in [-0.3, -0.25) is 9.63 Å². The number of thiophene rings is 1. The molecule has 3 aromatic carbocycles. The molecule has 0 spiro atoms. The van der Waals surface area contributed by atoms with Crippen LogP contribution in [-0.4, -0.2) is 16.1 Å². The van der Waals surface area contributed by atoms with Crippen molar-refractivity contribution in [3.63, 3.8) is 0 Å². The second kappa shape index (κ2) is 8.05. The standard InChI is InChI=1S/C25H18BrNO3S/c26-20-11-6-10-18(13-20)21-15-25(29,23-14-19-9-4-5-12-22(19)31-23)27(24(21)28)30-16-17-7-2-1-3-8-17/h1-15,29H,16H2. The van der Waals surface area contributed by atoms with Crippen LogP contribution in [0.5, 0.6) is 0 Å². The molecule has 2 heterocycles. The number of benzene rings is 3. The topological polar surface area (TPSA) is 49.8 Å². The number of carbonyl (C=O) groups is 1. The molecule has 1 atom stereocenters. The van der Waals surface area contributed by atoms with Crippen LogP contribution >= 0.6 is 27.3 Å². The number of hydrogen-bond donors (Lipinski definition) is 1. The van der Waals surface area contributed by atoms with E-state index in [0.717, 1.165) is 25.2 Å². The Morgan fingerprint density at radius 3 is 2.52 bits per heavy atom. The molecular weight excluding hydrogens is 474 g/mol. The lowest BCUT2D eigenvalue weighted by molar-refractivity contribution is -0.261. The number of rotatable bonds is 5. The summed E-state index contributed by atoms with van der Waals surface area (Å²) in [5.74, 6) is -0.381. The zero-order valence-corrected chi connectivity index (χ0v) is 18.8. The molecule has 1 aliphatic heterocycles. The molecule has 0 fully saturated rings. The lowest BCUT2D eigenvalue weighted by Crippen LogP contribution is -2.43. The molecule has 4 aromatic rings. The van der Waals surface area contributed by atoms with Gasteiger partial charge in [-0.1, -0.05) is 76.6 Å². The van der Waals surface area contributed by atoms with Gasteiger partial charge in [-0.05, 0) is 46.9 Å². The molecule has 31 heavy (non-hydrogen) atoms. The fourth-order valence-electron chi connectivity index (χ4n) is 3.65. The second-order valence-electron chi connectivity index (χ2n) is 7.30. The zero-order chi connectivity index (χ0) is 21.4. The van der Waals surface area contributed by atoms with E-state index in [0.29, 0.717) is 16.0 Å². The normalized spacial score (nSPS) is 18.6. The maximum Gasteiger partial charge on any atom is 0.281 e. The molecule has 1 unspecified atom stereocenters. The molecule has 154 valence electrons. The fraction of sp³-hybridized carbons (Fsp3) is 0.0800. The van der Waals surface area contributed by atoms with Crippen LogP contribution in [0.1, 0.15) is 16.0 Å². The largest absolute Gasteiger partial charge is 0.361 e. The van der Waals surface area contributed by atoms with Crippen molar-refractivity contribution < 1.29 is 14.7 Å². The number of halogens is 1. The first-order valence-corrected chi connectivity index (χ1v) is 11.4. The zero-order valence-electron chi connectivity index (χ0n) is 16.4. The Balaban J connectivity index is 1.58. The summed E-state index contributed by atoms with van der Waals surface area (Å²) in [7, 11) is 0. The Labute approximate surface area is 192 Å². The van der Waals surface area contributed by atoms with Gasteiger partial charge in [0, 0.05) is 9.17 Å². The van der Waals surface area contributed by atoms with E-state index in [4.69, 9.17) is 4.84 Å². The third-order valence-corrected chi connectivity index (χ3v) is 6.92. The number of carbonyl (C=O) groups excluding carboxylic acids is 1. The van der Waals surface area contributed by atoms with Crippen molar-refractivity contribution in [2.24, 2.45) is 0 Å². The van der Waals surface area contributed by atoms with Gasteiger partial charge in [0.15, 0.2) is 0 Å². The Hall–Kier alpha value is -2.77. The van der Waals surface area contributed by atoms with Crippen molar-refractivity contribution in [2.45, 2.75) is 12.3 Å². The lowest BCUT2D eigenvalue weighted by atomic mass is 10.0. The summed E-state index contributed by atoms with van der Waals surface area (Å²) in [6, 6.07) is 26.8. The highest BCUT2D eigenvalue weighted by atomic mass is 79.9. The molecule has 0 aliphatic carbocycles. The molecule has 1 aromatic heterocycles. The smallest absolute Gasteiger partial charge is 0.281 e. The third kappa shape index (κ3) is 3.72. The van der Waals surface area contributed by atoms with E-state index >= 15 is 0 Å². The summed E-state index contributed by atoms with van der Waals surface area (Å²) < 4.78 is 1.89. The highest BCUT2D eigenvalue weighted by Gasteiger charge is 2.48. The summed E-state index contributed by atoms with van der Waals surface area (Å²) in [5.41, 5.74) is 0.316. The molecule has 1 amide bonds. The molecule has 0 radical (unpaired) electrons. The first-order valence-electron chi connectivity index (χ1n) is 9.76. The summed E-state index contributed by atoms with van der Waals surface area (Å²) in [5, 5.41) is 13.9. The molecule has 1 N–H and O–H groups in total. The molecule has 0 bridgehead atoms. The van der Waals surface area contributed by atoms with Crippen LogP contribution in [0.3, 0.4) is 0 Å². The monoisotopic (exact) mass is 491 g/mol. The minimum atomic E-state index is -1.70. The minimum Gasteiger partial charge on any atom is -0.361 e. The van der Waals surface area contributed by atoms with E-state index < -0.39 is 5.72 Å². The van der Waals surface area contributed by atoms with Crippen LogP contribution in [0.25, 0.3) is 15.7 Å². The van der Waals surface area contributed by atoms with Crippen molar-refractivity contribution in [3.05, 3.63) is 111 Å². The van der Waals surface area contributed by atoms with E-state index in [1.807, 2.05) is 84.9 Å². The van der Waals surface area contributed by atoms with E-state index in [-0.39, 0.29) is 12.5 Å². The number of aliphatic hydroxyl groups is 1. The predicted octanol–water partition coefficient (Wildman–Crippen LogP) is 5.87. The van der Waals surface area contributed by atoms with Gasteiger partial charge >= 0.3 is 0 Å². The van der Waals surface area contributed by atoms with Crippen LogP contribution in [-0.2, 0) is 22.0 Å². The van der Waals surface area contributed by atoms with E-state index in [2.05, 4.69) is 15.9 Å². The second-order valence-corrected chi connectivity index (χ2v) is 9.30. The first kappa shape index (κ1) is 20.2. The van der Waals surface area contributed by atoms with Gasteiger partial charge in [-0.2, -0.15) is 5.06 Å². The molecule has 4 nitrogen and oxygen atoms in total. The Bertz CT molecular complexity index is 1270. The molecule has 1 aliphatic rings. The average molecular weight is 492 g/mol. The molecule has 0 saturated carbocycles. The maximum atomic E-state index is 13.4. The van der Waals surface area contributed by atoms with Crippen molar-refractivity contribution in [2.75, 3.05) is 0 Å². The van der Waals surface area contributed by atoms with E-state index in [9.17, 15) is 9.90 Å². The number of hydrogen-bond acceptors (Lipinski definition) is 4. The minimum absolute atomic E-state index is 0.166. The SMILES string of the molecule is O=C1C(c2cccc(Br)c2)=CC(O)(c2cc3ccccc3s2)N1OCc1ccccc1. The highest BCUT2D eigenvalue weighted by Crippen LogP contribution is 2.44. The van der Waals surface area contributed by atoms with Crippen LogP contribution in [0, 0.1) is 0 Å². The maximum absolute atomic E-state index is 13.4.